The van der Waals surface area contributed by atoms with E-state index < -0.39 is 5.60 Å². The van der Waals surface area contributed by atoms with Gasteiger partial charge in [0.1, 0.15) is 5.60 Å². The number of benzene rings is 1. The van der Waals surface area contributed by atoms with Crippen LogP contribution < -0.4 is 4.90 Å². The number of hydrogen-bond donors (Lipinski definition) is 0. The number of allylic oxidation sites excluding steroid dienone is 2. The van der Waals surface area contributed by atoms with Crippen molar-refractivity contribution in [1.82, 2.24) is 0 Å². The number of nitrogens with zero attached hydrogens (tertiary/aromatic N) is 1. The van der Waals surface area contributed by atoms with Gasteiger partial charge in [-0.2, -0.15) is 0 Å². The van der Waals surface area contributed by atoms with E-state index in [1.807, 2.05) is 89.1 Å². The molecule has 0 amide bonds. The van der Waals surface area contributed by atoms with Crippen LogP contribution in [0.15, 0.2) is 53.9 Å². The summed E-state index contributed by atoms with van der Waals surface area (Å²) >= 11 is 0. The van der Waals surface area contributed by atoms with E-state index >= 15 is 0 Å². The van der Waals surface area contributed by atoms with Crippen molar-refractivity contribution in [3.63, 3.8) is 0 Å². The Hall–Kier alpha value is -2.03. The van der Waals surface area contributed by atoms with Gasteiger partial charge in [0, 0.05) is 23.0 Å². The van der Waals surface area contributed by atoms with E-state index in [-0.39, 0.29) is 11.4 Å². The molecule has 0 bridgehead atoms. The molecular formula is C19H25NO2. The van der Waals surface area contributed by atoms with Gasteiger partial charge in [-0.05, 0) is 39.8 Å². The van der Waals surface area contributed by atoms with Crippen LogP contribution in [-0.4, -0.2) is 11.6 Å². The molecule has 0 radical (unpaired) electrons. The van der Waals surface area contributed by atoms with Crippen LogP contribution >= 0.6 is 0 Å². The molecule has 0 atom stereocenters. The van der Waals surface area contributed by atoms with Crippen LogP contribution in [0.1, 0.15) is 41.5 Å². The highest BCUT2D eigenvalue weighted by Gasteiger charge is 2.36. The summed E-state index contributed by atoms with van der Waals surface area (Å²) < 4.78 is 5.61. The summed E-state index contributed by atoms with van der Waals surface area (Å²) in [5, 5.41) is 0. The Bertz CT molecular complexity index is 619. The predicted octanol–water partition coefficient (Wildman–Crippen LogP) is 4.66. The second-order valence-electron chi connectivity index (χ2n) is 7.21. The molecule has 22 heavy (non-hydrogen) atoms. The van der Waals surface area contributed by atoms with Crippen molar-refractivity contribution >= 4 is 11.7 Å². The first-order chi connectivity index (χ1) is 10.1. The highest BCUT2D eigenvalue weighted by Crippen LogP contribution is 2.38. The quantitative estimate of drug-likeness (QED) is 0.744. The SMILES string of the molecule is CC1=C(C(=O)OC(C)(C)C)C(C)(C)C=CN1c1ccccc1. The Morgan fingerprint density at radius 3 is 2.27 bits per heavy atom. The average Bonchev–Trinajstić information content (AvgIpc) is 2.36. The van der Waals surface area contributed by atoms with E-state index in [2.05, 4.69) is 0 Å². The lowest BCUT2D eigenvalue weighted by Crippen LogP contribution is -2.35. The molecule has 3 heteroatoms. The molecule has 0 unspecified atom stereocenters. The molecule has 1 aliphatic heterocycles. The summed E-state index contributed by atoms with van der Waals surface area (Å²) in [6.45, 7) is 11.7. The van der Waals surface area contributed by atoms with Gasteiger partial charge in [0.2, 0.25) is 0 Å². The normalized spacial score (nSPS) is 17.6. The van der Waals surface area contributed by atoms with Crippen molar-refractivity contribution in [3.8, 4) is 0 Å². The minimum atomic E-state index is -0.501. The number of carbonyl (C=O) groups is 1. The van der Waals surface area contributed by atoms with Crippen LogP contribution in [-0.2, 0) is 9.53 Å². The molecule has 118 valence electrons. The molecule has 3 nitrogen and oxygen atoms in total. The van der Waals surface area contributed by atoms with Gasteiger partial charge in [-0.3, -0.25) is 0 Å². The van der Waals surface area contributed by atoms with Crippen molar-refractivity contribution in [2.24, 2.45) is 5.41 Å². The smallest absolute Gasteiger partial charge is 0.337 e. The van der Waals surface area contributed by atoms with Crippen molar-refractivity contribution in [1.29, 1.82) is 0 Å². The van der Waals surface area contributed by atoms with Gasteiger partial charge in [-0.15, -0.1) is 0 Å². The van der Waals surface area contributed by atoms with Crippen LogP contribution in [0.4, 0.5) is 5.69 Å². The lowest BCUT2D eigenvalue weighted by atomic mass is 9.80. The van der Waals surface area contributed by atoms with Crippen molar-refractivity contribution in [2.75, 3.05) is 4.90 Å². The molecule has 1 aromatic carbocycles. The molecule has 1 aromatic rings. The fraction of sp³-hybridized carbons (Fsp3) is 0.421. The summed E-state index contributed by atoms with van der Waals surface area (Å²) in [5.74, 6) is -0.250. The first kappa shape index (κ1) is 16.3. The minimum Gasteiger partial charge on any atom is -0.457 e. The van der Waals surface area contributed by atoms with Gasteiger partial charge in [-0.1, -0.05) is 38.1 Å². The molecule has 0 saturated carbocycles. The van der Waals surface area contributed by atoms with Crippen LogP contribution in [0.5, 0.6) is 0 Å². The maximum atomic E-state index is 12.7. The Kier molecular flexibility index (Phi) is 4.19. The summed E-state index contributed by atoms with van der Waals surface area (Å²) in [4.78, 5) is 14.7. The van der Waals surface area contributed by atoms with Gasteiger partial charge in [0.25, 0.3) is 0 Å². The first-order valence-corrected chi connectivity index (χ1v) is 7.60. The molecule has 1 heterocycles. The molecule has 2 rings (SSSR count). The molecule has 0 fully saturated rings. The summed E-state index contributed by atoms with van der Waals surface area (Å²) in [6.07, 6.45) is 4.07. The predicted molar refractivity (Wildman–Crippen MR) is 90.4 cm³/mol. The Labute approximate surface area is 133 Å². The molecule has 1 aliphatic rings. The monoisotopic (exact) mass is 299 g/mol. The second kappa shape index (κ2) is 5.64. The molecule has 0 aliphatic carbocycles. The minimum absolute atomic E-state index is 0.250. The average molecular weight is 299 g/mol. The third kappa shape index (κ3) is 3.41. The molecule has 0 N–H and O–H groups in total. The van der Waals surface area contributed by atoms with Gasteiger partial charge < -0.3 is 9.64 Å². The number of carbonyl (C=O) groups excluding carboxylic acids is 1. The highest BCUT2D eigenvalue weighted by molar-refractivity contribution is 5.93. The number of rotatable bonds is 2. The van der Waals surface area contributed by atoms with Crippen molar-refractivity contribution in [3.05, 3.63) is 53.9 Å². The van der Waals surface area contributed by atoms with Gasteiger partial charge >= 0.3 is 5.97 Å². The first-order valence-electron chi connectivity index (χ1n) is 7.60. The summed E-state index contributed by atoms with van der Waals surface area (Å²) in [5.41, 5.74) is 1.80. The maximum absolute atomic E-state index is 12.7. The van der Waals surface area contributed by atoms with E-state index in [4.69, 9.17) is 4.74 Å². The van der Waals surface area contributed by atoms with Crippen LogP contribution in [0.2, 0.25) is 0 Å². The van der Waals surface area contributed by atoms with E-state index in [9.17, 15) is 4.79 Å². The molecule has 0 saturated heterocycles. The maximum Gasteiger partial charge on any atom is 0.337 e. The summed E-state index contributed by atoms with van der Waals surface area (Å²) in [7, 11) is 0. The third-order valence-corrected chi connectivity index (χ3v) is 3.65. The van der Waals surface area contributed by atoms with Crippen molar-refractivity contribution < 1.29 is 9.53 Å². The standard InChI is InChI=1S/C19H25NO2/c1-14-16(17(21)22-18(2,3)4)19(5,6)12-13-20(14)15-10-8-7-9-11-15/h7-13H,1-6H3. The highest BCUT2D eigenvalue weighted by atomic mass is 16.6. The zero-order chi connectivity index (χ0) is 16.5. The van der Waals surface area contributed by atoms with Crippen LogP contribution in [0, 0.1) is 5.41 Å². The lowest BCUT2D eigenvalue weighted by Gasteiger charge is -2.36. The van der Waals surface area contributed by atoms with Gasteiger partial charge in [0.05, 0.1) is 5.57 Å². The Morgan fingerprint density at radius 1 is 1.14 bits per heavy atom. The zero-order valence-electron chi connectivity index (χ0n) is 14.3. The van der Waals surface area contributed by atoms with Crippen LogP contribution in [0.25, 0.3) is 0 Å². The second-order valence-corrected chi connectivity index (χ2v) is 7.21. The van der Waals surface area contributed by atoms with E-state index in [0.717, 1.165) is 11.4 Å². The van der Waals surface area contributed by atoms with E-state index in [1.165, 1.54) is 0 Å². The Balaban J connectivity index is 2.44. The molecule has 0 aromatic heterocycles. The van der Waals surface area contributed by atoms with Crippen LogP contribution in [0.3, 0.4) is 0 Å². The fourth-order valence-electron chi connectivity index (χ4n) is 2.65. The third-order valence-electron chi connectivity index (χ3n) is 3.65. The molecule has 0 spiro atoms. The topological polar surface area (TPSA) is 29.5 Å². The van der Waals surface area contributed by atoms with Crippen molar-refractivity contribution in [2.45, 2.75) is 47.1 Å². The lowest BCUT2D eigenvalue weighted by molar-refractivity contribution is -0.151. The number of para-hydroxylation sites is 1. The largest absolute Gasteiger partial charge is 0.457 e. The van der Waals surface area contributed by atoms with Gasteiger partial charge in [-0.25, -0.2) is 4.79 Å². The fourth-order valence-corrected chi connectivity index (χ4v) is 2.65. The number of hydrogen-bond acceptors (Lipinski definition) is 3. The Morgan fingerprint density at radius 2 is 1.73 bits per heavy atom. The van der Waals surface area contributed by atoms with E-state index in [0.29, 0.717) is 5.57 Å². The summed E-state index contributed by atoms with van der Waals surface area (Å²) in [6, 6.07) is 10.0. The number of ether oxygens (including phenoxy) is 1. The zero-order valence-corrected chi connectivity index (χ0v) is 14.3. The molecular weight excluding hydrogens is 274 g/mol. The van der Waals surface area contributed by atoms with Gasteiger partial charge in [0.15, 0.2) is 0 Å². The number of anilines is 1. The number of esters is 1. The van der Waals surface area contributed by atoms with E-state index in [1.54, 1.807) is 0 Å².